The number of hydrogen-bond donors (Lipinski definition) is 1. The first-order chi connectivity index (χ1) is 12.1. The molecule has 25 heavy (non-hydrogen) atoms. The summed E-state index contributed by atoms with van der Waals surface area (Å²) in [5.41, 5.74) is 1.44. The van der Waals surface area contributed by atoms with Gasteiger partial charge in [0.2, 0.25) is 0 Å². The van der Waals surface area contributed by atoms with Gasteiger partial charge >= 0.3 is 0 Å². The number of benzene rings is 2. The molecule has 0 unspecified atom stereocenters. The van der Waals surface area contributed by atoms with Crippen molar-refractivity contribution < 1.29 is 18.7 Å². The van der Waals surface area contributed by atoms with E-state index in [0.29, 0.717) is 27.3 Å². The maximum atomic E-state index is 13.5. The van der Waals surface area contributed by atoms with E-state index in [1.54, 1.807) is 42.5 Å². The van der Waals surface area contributed by atoms with Crippen LogP contribution in [0, 0.1) is 11.0 Å². The number of rotatable bonds is 5. The summed E-state index contributed by atoms with van der Waals surface area (Å²) in [5.74, 6) is -0.0670. The fraction of sp³-hybridized carbons (Fsp3) is 0.0526. The van der Waals surface area contributed by atoms with Crippen LogP contribution < -0.4 is 14.8 Å². The Hall–Kier alpha value is -3.41. The lowest BCUT2D eigenvalue weighted by Gasteiger charge is -2.09. The molecular weight excluding hydrogens is 323 g/mol. The molecule has 0 fully saturated rings. The fourth-order valence-electron chi connectivity index (χ4n) is 2.18. The van der Waals surface area contributed by atoms with Gasteiger partial charge in [-0.1, -0.05) is 18.2 Å². The zero-order chi connectivity index (χ0) is 17.6. The summed E-state index contributed by atoms with van der Waals surface area (Å²) in [4.78, 5) is 12.1. The van der Waals surface area contributed by atoms with Crippen LogP contribution in [-0.2, 0) is 6.61 Å². The minimum absolute atomic E-state index is 0.123. The molecule has 1 aromatic heterocycles. The number of halogens is 1. The lowest BCUT2D eigenvalue weighted by Crippen LogP contribution is -2.25. The Morgan fingerprint density at radius 1 is 1.04 bits per heavy atom. The third-order valence-corrected chi connectivity index (χ3v) is 3.53. The molecule has 1 N–H and O–H groups in total. The number of nitrogens with one attached hydrogen (secondary N) is 1. The van der Waals surface area contributed by atoms with Crippen molar-refractivity contribution in [3.05, 3.63) is 95.2 Å². The molecule has 0 spiro atoms. The van der Waals surface area contributed by atoms with Gasteiger partial charge in [0.25, 0.3) is 5.91 Å². The highest BCUT2D eigenvalue weighted by molar-refractivity contribution is 6.04. The van der Waals surface area contributed by atoms with Crippen LogP contribution in [-0.4, -0.2) is 5.91 Å². The molecule has 126 valence electrons. The molecule has 5 nitrogen and oxygen atoms in total. The Labute approximate surface area is 143 Å². The summed E-state index contributed by atoms with van der Waals surface area (Å²) in [6.45, 7) is 0.123. The maximum absolute atomic E-state index is 13.5. The second-order valence-electron chi connectivity index (χ2n) is 5.31. The average molecular weight is 338 g/mol. The second-order valence-corrected chi connectivity index (χ2v) is 5.31. The summed E-state index contributed by atoms with van der Waals surface area (Å²) >= 11 is 0. The molecule has 3 aromatic rings. The molecule has 0 atom stereocenters. The van der Waals surface area contributed by atoms with E-state index in [2.05, 4.69) is 5.32 Å². The van der Waals surface area contributed by atoms with Crippen molar-refractivity contribution in [1.29, 1.82) is 0 Å². The SMILES string of the molecule is O=C(Nc1ccc(OCc2ccccc2F)cc1)c1cc[n+]([O-])cc1. The van der Waals surface area contributed by atoms with Crippen LogP contribution in [0.15, 0.2) is 73.1 Å². The third-order valence-electron chi connectivity index (χ3n) is 3.53. The van der Waals surface area contributed by atoms with Crippen molar-refractivity contribution in [3.63, 3.8) is 0 Å². The standard InChI is InChI=1S/C19H15FN2O3/c20-18-4-2-1-3-15(18)13-25-17-7-5-16(6-8-17)21-19(23)14-9-11-22(24)12-10-14/h1-12H,13H2,(H,21,23). The molecule has 0 aliphatic rings. The summed E-state index contributed by atoms with van der Waals surface area (Å²) < 4.78 is 19.7. The number of hydrogen-bond acceptors (Lipinski definition) is 3. The lowest BCUT2D eigenvalue weighted by atomic mass is 10.2. The highest BCUT2D eigenvalue weighted by atomic mass is 19.1. The first-order valence-corrected chi connectivity index (χ1v) is 7.58. The van der Waals surface area contributed by atoms with Crippen molar-refractivity contribution >= 4 is 11.6 Å². The van der Waals surface area contributed by atoms with Gasteiger partial charge in [-0.2, -0.15) is 4.73 Å². The van der Waals surface area contributed by atoms with E-state index in [-0.39, 0.29) is 18.3 Å². The zero-order valence-electron chi connectivity index (χ0n) is 13.2. The maximum Gasteiger partial charge on any atom is 0.256 e. The Morgan fingerprint density at radius 2 is 1.72 bits per heavy atom. The number of pyridine rings is 1. The number of carbonyl (C=O) groups is 1. The smallest absolute Gasteiger partial charge is 0.256 e. The normalized spacial score (nSPS) is 10.3. The van der Waals surface area contributed by atoms with Crippen molar-refractivity contribution in [1.82, 2.24) is 0 Å². The molecule has 1 heterocycles. The minimum atomic E-state index is -0.319. The first-order valence-electron chi connectivity index (χ1n) is 7.58. The molecule has 3 rings (SSSR count). The summed E-state index contributed by atoms with van der Waals surface area (Å²) in [6.07, 6.45) is 2.52. The van der Waals surface area contributed by atoms with E-state index >= 15 is 0 Å². The predicted molar refractivity (Wildman–Crippen MR) is 90.5 cm³/mol. The predicted octanol–water partition coefficient (Wildman–Crippen LogP) is 3.29. The van der Waals surface area contributed by atoms with Crippen LogP contribution >= 0.6 is 0 Å². The van der Waals surface area contributed by atoms with Gasteiger partial charge in [0.05, 0.1) is 5.56 Å². The van der Waals surface area contributed by atoms with Crippen LogP contribution in [0.1, 0.15) is 15.9 Å². The largest absolute Gasteiger partial charge is 0.619 e. The monoisotopic (exact) mass is 338 g/mol. The number of ether oxygens (including phenoxy) is 1. The Morgan fingerprint density at radius 3 is 2.40 bits per heavy atom. The summed E-state index contributed by atoms with van der Waals surface area (Å²) in [5, 5.41) is 13.7. The number of aromatic nitrogens is 1. The molecule has 0 aliphatic heterocycles. The van der Waals surface area contributed by atoms with Gasteiger partial charge < -0.3 is 15.3 Å². The number of amides is 1. The van der Waals surface area contributed by atoms with E-state index in [0.717, 1.165) is 0 Å². The molecule has 0 radical (unpaired) electrons. The molecular formula is C19H15FN2O3. The third kappa shape index (κ3) is 4.32. The van der Waals surface area contributed by atoms with Gasteiger partial charge in [0.1, 0.15) is 18.2 Å². The highest BCUT2D eigenvalue weighted by Crippen LogP contribution is 2.18. The van der Waals surface area contributed by atoms with E-state index < -0.39 is 0 Å². The fourth-order valence-corrected chi connectivity index (χ4v) is 2.18. The number of anilines is 1. The average Bonchev–Trinajstić information content (AvgIpc) is 2.63. The van der Waals surface area contributed by atoms with E-state index in [4.69, 9.17) is 4.74 Å². The van der Waals surface area contributed by atoms with Crippen LogP contribution in [0.25, 0.3) is 0 Å². The summed E-state index contributed by atoms with van der Waals surface area (Å²) in [7, 11) is 0. The van der Waals surface area contributed by atoms with Crippen molar-refractivity contribution in [2.75, 3.05) is 5.32 Å². The Kier molecular flexibility index (Phi) is 4.89. The topological polar surface area (TPSA) is 65.3 Å². The molecule has 0 saturated heterocycles. The van der Waals surface area contributed by atoms with Gasteiger partial charge in [0, 0.05) is 23.4 Å². The van der Waals surface area contributed by atoms with Crippen LogP contribution in [0.5, 0.6) is 5.75 Å². The van der Waals surface area contributed by atoms with Crippen molar-refractivity contribution in [2.24, 2.45) is 0 Å². The van der Waals surface area contributed by atoms with Crippen LogP contribution in [0.3, 0.4) is 0 Å². The molecule has 6 heteroatoms. The van der Waals surface area contributed by atoms with Crippen molar-refractivity contribution in [3.8, 4) is 5.75 Å². The Bertz CT molecular complexity index is 865. The minimum Gasteiger partial charge on any atom is -0.619 e. The van der Waals surface area contributed by atoms with Crippen LogP contribution in [0.4, 0.5) is 10.1 Å². The van der Waals surface area contributed by atoms with Crippen molar-refractivity contribution in [2.45, 2.75) is 6.61 Å². The van der Waals surface area contributed by atoms with Gasteiger partial charge in [-0.15, -0.1) is 0 Å². The number of carbonyl (C=O) groups excluding carboxylic acids is 1. The molecule has 0 aliphatic carbocycles. The Balaban J connectivity index is 1.59. The van der Waals surface area contributed by atoms with Gasteiger partial charge in [-0.05, 0) is 30.3 Å². The molecule has 0 saturated carbocycles. The van der Waals surface area contributed by atoms with Gasteiger partial charge in [-0.25, -0.2) is 4.39 Å². The zero-order valence-corrected chi connectivity index (χ0v) is 13.2. The highest BCUT2D eigenvalue weighted by Gasteiger charge is 2.07. The van der Waals surface area contributed by atoms with Gasteiger partial charge in [-0.3, -0.25) is 4.79 Å². The first kappa shape index (κ1) is 16.4. The van der Waals surface area contributed by atoms with E-state index in [9.17, 15) is 14.4 Å². The summed E-state index contributed by atoms with van der Waals surface area (Å²) in [6, 6.07) is 16.0. The van der Waals surface area contributed by atoms with E-state index in [1.807, 2.05) is 0 Å². The number of nitrogens with zero attached hydrogens (tertiary/aromatic N) is 1. The molecule has 0 bridgehead atoms. The molecule has 2 aromatic carbocycles. The second kappa shape index (κ2) is 7.44. The lowest BCUT2D eigenvalue weighted by molar-refractivity contribution is -0.605. The molecule has 1 amide bonds. The van der Waals surface area contributed by atoms with Crippen LogP contribution in [0.2, 0.25) is 0 Å². The van der Waals surface area contributed by atoms with Gasteiger partial charge in [0.15, 0.2) is 12.4 Å². The quantitative estimate of drug-likeness (QED) is 0.573. The van der Waals surface area contributed by atoms with E-state index in [1.165, 1.54) is 30.6 Å².